The summed E-state index contributed by atoms with van der Waals surface area (Å²) < 4.78 is 0. The lowest BCUT2D eigenvalue weighted by atomic mass is 10.1. The molecule has 18 heavy (non-hydrogen) atoms. The van der Waals surface area contributed by atoms with Crippen LogP contribution in [0.4, 0.5) is 0 Å². The Labute approximate surface area is 118 Å². The van der Waals surface area contributed by atoms with Crippen LogP contribution in [0.2, 0.25) is 0 Å². The van der Waals surface area contributed by atoms with E-state index in [0.29, 0.717) is 6.42 Å². The zero-order valence-corrected chi connectivity index (χ0v) is 12.3. The smallest absolute Gasteiger partial charge is 0.0540 e. The Morgan fingerprint density at radius 2 is 2.22 bits per heavy atom. The van der Waals surface area contributed by atoms with Gasteiger partial charge in [0.15, 0.2) is 0 Å². The molecule has 0 atom stereocenters. The minimum Gasteiger partial charge on any atom is -0.395 e. The average molecular weight is 280 g/mol. The second-order valence-electron chi connectivity index (χ2n) is 4.70. The zero-order chi connectivity index (χ0) is 12.6. The normalized spacial score (nSPS) is 15.6. The van der Waals surface area contributed by atoms with Crippen molar-refractivity contribution >= 4 is 23.1 Å². The fraction of sp³-hybridized carbons (Fsp3) is 0.600. The van der Waals surface area contributed by atoms with Crippen molar-refractivity contribution in [3.63, 3.8) is 0 Å². The SMILES string of the molecule is OCCC#Cc1ccsc1CSCC1CCCC1. The van der Waals surface area contributed by atoms with E-state index in [1.165, 1.54) is 36.3 Å². The first kappa shape index (κ1) is 14.0. The average Bonchev–Trinajstić information content (AvgIpc) is 3.02. The van der Waals surface area contributed by atoms with E-state index in [4.69, 9.17) is 5.11 Å². The molecule has 0 bridgehead atoms. The van der Waals surface area contributed by atoms with Crippen molar-refractivity contribution in [1.29, 1.82) is 0 Å². The molecule has 1 aromatic rings. The molecule has 1 heterocycles. The van der Waals surface area contributed by atoms with Crippen molar-refractivity contribution in [2.45, 2.75) is 37.9 Å². The largest absolute Gasteiger partial charge is 0.395 e. The summed E-state index contributed by atoms with van der Waals surface area (Å²) in [4.78, 5) is 1.39. The van der Waals surface area contributed by atoms with Crippen molar-refractivity contribution < 1.29 is 5.11 Å². The molecule has 1 nitrogen and oxygen atoms in total. The lowest BCUT2D eigenvalue weighted by Crippen LogP contribution is -1.96. The third kappa shape index (κ3) is 4.35. The number of rotatable bonds is 5. The van der Waals surface area contributed by atoms with Crippen LogP contribution in [0, 0.1) is 17.8 Å². The molecule has 0 amide bonds. The number of aliphatic hydroxyl groups is 1. The minimum absolute atomic E-state index is 0.156. The van der Waals surface area contributed by atoms with Crippen LogP contribution in [0.25, 0.3) is 0 Å². The molecular formula is C15H20OS2. The highest BCUT2D eigenvalue weighted by molar-refractivity contribution is 7.98. The summed E-state index contributed by atoms with van der Waals surface area (Å²) in [5, 5.41) is 10.8. The fourth-order valence-electron chi connectivity index (χ4n) is 2.27. The van der Waals surface area contributed by atoms with Crippen molar-refractivity contribution in [2.24, 2.45) is 5.92 Å². The molecule has 1 aromatic heterocycles. The standard InChI is InChI=1S/C15H20OS2/c16-9-4-3-7-14-8-10-18-15(14)12-17-11-13-5-1-2-6-13/h8,10,13,16H,1-2,4-6,9,11-12H2. The number of thiophene rings is 1. The van der Waals surface area contributed by atoms with Crippen LogP contribution in [0.15, 0.2) is 11.4 Å². The van der Waals surface area contributed by atoms with E-state index >= 15 is 0 Å². The molecule has 1 aliphatic rings. The van der Waals surface area contributed by atoms with Crippen molar-refractivity contribution in [2.75, 3.05) is 12.4 Å². The maximum atomic E-state index is 8.72. The van der Waals surface area contributed by atoms with E-state index in [1.54, 1.807) is 11.3 Å². The van der Waals surface area contributed by atoms with Gasteiger partial charge in [0.2, 0.25) is 0 Å². The maximum absolute atomic E-state index is 8.72. The molecule has 0 aromatic carbocycles. The fourth-order valence-corrected chi connectivity index (χ4v) is 4.53. The summed E-state index contributed by atoms with van der Waals surface area (Å²) in [6.07, 6.45) is 6.30. The zero-order valence-electron chi connectivity index (χ0n) is 10.7. The third-order valence-electron chi connectivity index (χ3n) is 3.27. The molecular weight excluding hydrogens is 260 g/mol. The van der Waals surface area contributed by atoms with Gasteiger partial charge in [-0.2, -0.15) is 11.8 Å². The summed E-state index contributed by atoms with van der Waals surface area (Å²) in [5.74, 6) is 9.53. The number of hydrogen-bond donors (Lipinski definition) is 1. The predicted molar refractivity (Wildman–Crippen MR) is 81.0 cm³/mol. The Kier molecular flexibility index (Phi) is 6.13. The van der Waals surface area contributed by atoms with Gasteiger partial charge in [-0.25, -0.2) is 0 Å². The topological polar surface area (TPSA) is 20.2 Å². The Hall–Kier alpha value is -0.430. The van der Waals surface area contributed by atoms with Crippen molar-refractivity contribution in [3.05, 3.63) is 21.9 Å². The molecule has 1 aliphatic carbocycles. The first-order chi connectivity index (χ1) is 8.90. The monoisotopic (exact) mass is 280 g/mol. The second-order valence-corrected chi connectivity index (χ2v) is 6.73. The highest BCUT2D eigenvalue weighted by Crippen LogP contribution is 2.30. The van der Waals surface area contributed by atoms with Crippen LogP contribution >= 0.6 is 23.1 Å². The minimum atomic E-state index is 0.156. The number of thioether (sulfide) groups is 1. The molecule has 0 unspecified atom stereocenters. The Morgan fingerprint density at radius 1 is 1.39 bits per heavy atom. The van der Waals surface area contributed by atoms with E-state index in [9.17, 15) is 0 Å². The van der Waals surface area contributed by atoms with E-state index < -0.39 is 0 Å². The second kappa shape index (κ2) is 7.89. The first-order valence-electron chi connectivity index (χ1n) is 6.64. The van der Waals surface area contributed by atoms with Crippen molar-refractivity contribution in [3.8, 4) is 11.8 Å². The highest BCUT2D eigenvalue weighted by Gasteiger charge is 2.14. The van der Waals surface area contributed by atoms with Gasteiger partial charge in [-0.15, -0.1) is 11.3 Å². The van der Waals surface area contributed by atoms with Gasteiger partial charge >= 0.3 is 0 Å². The summed E-state index contributed by atoms with van der Waals surface area (Å²) in [5.41, 5.74) is 1.16. The summed E-state index contributed by atoms with van der Waals surface area (Å²) in [6, 6.07) is 2.10. The molecule has 3 heteroatoms. The van der Waals surface area contributed by atoms with Gasteiger partial charge in [-0.1, -0.05) is 24.7 Å². The molecule has 0 aliphatic heterocycles. The molecule has 0 saturated heterocycles. The van der Waals surface area contributed by atoms with Gasteiger partial charge in [-0.05, 0) is 36.0 Å². The Balaban J connectivity index is 1.78. The lowest BCUT2D eigenvalue weighted by Gasteiger charge is -2.07. The van der Waals surface area contributed by atoms with E-state index in [1.807, 2.05) is 0 Å². The van der Waals surface area contributed by atoms with Gasteiger partial charge in [0.1, 0.15) is 0 Å². The summed E-state index contributed by atoms with van der Waals surface area (Å²) >= 11 is 3.86. The number of aliphatic hydroxyl groups excluding tert-OH is 1. The molecule has 2 rings (SSSR count). The van der Waals surface area contributed by atoms with Gasteiger partial charge < -0.3 is 5.11 Å². The predicted octanol–water partition coefficient (Wildman–Crippen LogP) is 3.91. The molecule has 98 valence electrons. The van der Waals surface area contributed by atoms with Crippen LogP contribution in [0.1, 0.15) is 42.5 Å². The molecule has 0 radical (unpaired) electrons. The third-order valence-corrected chi connectivity index (χ3v) is 5.57. The van der Waals surface area contributed by atoms with Gasteiger partial charge in [0.05, 0.1) is 6.61 Å². The van der Waals surface area contributed by atoms with Crippen LogP contribution in [0.3, 0.4) is 0 Å². The summed E-state index contributed by atoms with van der Waals surface area (Å²) in [6.45, 7) is 0.156. The highest BCUT2D eigenvalue weighted by atomic mass is 32.2. The van der Waals surface area contributed by atoms with Gasteiger partial charge in [0.25, 0.3) is 0 Å². The molecule has 1 saturated carbocycles. The number of hydrogen-bond acceptors (Lipinski definition) is 3. The van der Waals surface area contributed by atoms with Crippen LogP contribution < -0.4 is 0 Å². The quantitative estimate of drug-likeness (QED) is 0.825. The van der Waals surface area contributed by atoms with Gasteiger partial charge in [-0.3, -0.25) is 0 Å². The van der Waals surface area contributed by atoms with Crippen LogP contribution in [0.5, 0.6) is 0 Å². The van der Waals surface area contributed by atoms with E-state index in [2.05, 4.69) is 35.0 Å². The van der Waals surface area contributed by atoms with E-state index in [0.717, 1.165) is 17.2 Å². The van der Waals surface area contributed by atoms with Gasteiger partial charge in [0, 0.05) is 22.6 Å². The summed E-state index contributed by atoms with van der Waals surface area (Å²) in [7, 11) is 0. The van der Waals surface area contributed by atoms with E-state index in [-0.39, 0.29) is 6.61 Å². The van der Waals surface area contributed by atoms with Crippen molar-refractivity contribution in [1.82, 2.24) is 0 Å². The molecule has 0 spiro atoms. The lowest BCUT2D eigenvalue weighted by molar-refractivity contribution is 0.305. The maximum Gasteiger partial charge on any atom is 0.0540 e. The Bertz CT molecular complexity index is 408. The van der Waals surface area contributed by atoms with Crippen LogP contribution in [-0.4, -0.2) is 17.5 Å². The molecule has 1 N–H and O–H groups in total. The first-order valence-corrected chi connectivity index (χ1v) is 8.67. The Morgan fingerprint density at radius 3 is 3.00 bits per heavy atom. The molecule has 1 fully saturated rings. The van der Waals surface area contributed by atoms with Crippen LogP contribution in [-0.2, 0) is 5.75 Å².